The summed E-state index contributed by atoms with van der Waals surface area (Å²) in [5.41, 5.74) is 2.34. The fourth-order valence-corrected chi connectivity index (χ4v) is 2.92. The Morgan fingerprint density at radius 2 is 2.24 bits per heavy atom. The van der Waals surface area contributed by atoms with Crippen molar-refractivity contribution in [3.63, 3.8) is 0 Å². The summed E-state index contributed by atoms with van der Waals surface area (Å²) in [6, 6.07) is 3.48. The highest BCUT2D eigenvalue weighted by atomic mass is 35.5. The molecular formula is C15H13ClFNO3. The van der Waals surface area contributed by atoms with Crippen LogP contribution in [0.1, 0.15) is 16.9 Å². The van der Waals surface area contributed by atoms with Gasteiger partial charge in [-0.25, -0.2) is 4.79 Å². The molecule has 0 atom stereocenters. The lowest BCUT2D eigenvalue weighted by Crippen LogP contribution is -2.18. The van der Waals surface area contributed by atoms with Gasteiger partial charge in [-0.1, -0.05) is 11.6 Å². The molecule has 110 valence electrons. The van der Waals surface area contributed by atoms with Crippen molar-refractivity contribution < 1.29 is 18.7 Å². The molecule has 1 aliphatic rings. The Morgan fingerprint density at radius 1 is 1.48 bits per heavy atom. The number of benzene rings is 1. The molecule has 1 N–H and O–H groups in total. The van der Waals surface area contributed by atoms with Crippen LogP contribution in [0.15, 0.2) is 22.4 Å². The van der Waals surface area contributed by atoms with E-state index in [4.69, 9.17) is 21.1 Å². The third kappa shape index (κ3) is 2.43. The zero-order chi connectivity index (χ0) is 15.1. The number of aliphatic carboxylic acids is 1. The summed E-state index contributed by atoms with van der Waals surface area (Å²) in [5, 5.41) is 10.2. The first-order chi connectivity index (χ1) is 9.97. The summed E-state index contributed by atoms with van der Waals surface area (Å²) in [4.78, 5) is 12.7. The van der Waals surface area contributed by atoms with E-state index in [-0.39, 0.29) is 5.76 Å². The molecule has 21 heavy (non-hydrogen) atoms. The minimum atomic E-state index is -1.61. The molecule has 0 saturated carbocycles. The fraction of sp³-hybridized carbons (Fsp3) is 0.267. The molecule has 0 unspecified atom stereocenters. The Bertz CT molecular complexity index is 766. The summed E-state index contributed by atoms with van der Waals surface area (Å²) in [5.74, 6) is -2.62. The largest absolute Gasteiger partial charge is 0.476 e. The number of nitrogens with zero attached hydrogens (tertiary/aromatic N) is 1. The second-order valence-corrected chi connectivity index (χ2v) is 5.54. The van der Waals surface area contributed by atoms with E-state index in [1.54, 1.807) is 12.1 Å². The van der Waals surface area contributed by atoms with Crippen molar-refractivity contribution in [3.05, 3.63) is 39.9 Å². The fourth-order valence-electron chi connectivity index (χ4n) is 2.67. The highest BCUT2D eigenvalue weighted by Crippen LogP contribution is 2.36. The molecule has 4 nitrogen and oxygen atoms in total. The standard InChI is InChI=1S/C15H13ClFNO3/c1-18-5-4-8-10(16)2-3-12-14(8)9(7-18)13(21-12)6-11(17)15(19)20/h2-3,6H,4-5,7H2,1H3,(H,19,20)/b11-6-. The number of rotatable bonds is 2. The molecule has 0 radical (unpaired) electrons. The van der Waals surface area contributed by atoms with E-state index in [0.29, 0.717) is 17.2 Å². The number of carbonyl (C=O) groups is 1. The van der Waals surface area contributed by atoms with Crippen LogP contribution in [0.4, 0.5) is 4.39 Å². The number of carboxylic acid groups (broad SMARTS) is 1. The molecular weight excluding hydrogens is 297 g/mol. The van der Waals surface area contributed by atoms with Crippen molar-refractivity contribution in [1.29, 1.82) is 0 Å². The Kier molecular flexibility index (Phi) is 3.47. The van der Waals surface area contributed by atoms with Gasteiger partial charge in [0.2, 0.25) is 5.83 Å². The summed E-state index contributed by atoms with van der Waals surface area (Å²) in [6.45, 7) is 1.37. The van der Waals surface area contributed by atoms with E-state index in [2.05, 4.69) is 4.90 Å². The second-order valence-electron chi connectivity index (χ2n) is 5.13. The smallest absolute Gasteiger partial charge is 0.364 e. The number of halogens is 2. The van der Waals surface area contributed by atoms with Gasteiger partial charge in [0.05, 0.1) is 0 Å². The Morgan fingerprint density at radius 3 is 2.95 bits per heavy atom. The Labute approximate surface area is 125 Å². The van der Waals surface area contributed by atoms with Crippen LogP contribution in [-0.4, -0.2) is 29.6 Å². The topological polar surface area (TPSA) is 53.7 Å². The average Bonchev–Trinajstić information content (AvgIpc) is 2.64. The number of furan rings is 1. The van der Waals surface area contributed by atoms with Crippen LogP contribution in [0.3, 0.4) is 0 Å². The number of hydrogen-bond acceptors (Lipinski definition) is 3. The first-order valence-corrected chi connectivity index (χ1v) is 6.87. The number of hydrogen-bond donors (Lipinski definition) is 1. The van der Waals surface area contributed by atoms with Crippen LogP contribution in [0, 0.1) is 0 Å². The maximum absolute atomic E-state index is 13.4. The lowest BCUT2D eigenvalue weighted by Gasteiger charge is -2.12. The molecule has 2 aromatic rings. The molecule has 0 saturated heterocycles. The Balaban J connectivity index is 2.28. The van der Waals surface area contributed by atoms with Crippen molar-refractivity contribution in [3.8, 4) is 0 Å². The van der Waals surface area contributed by atoms with E-state index in [1.165, 1.54) is 0 Å². The van der Waals surface area contributed by atoms with Gasteiger partial charge in [0.1, 0.15) is 11.3 Å². The first-order valence-electron chi connectivity index (χ1n) is 6.49. The van der Waals surface area contributed by atoms with E-state index in [9.17, 15) is 9.18 Å². The van der Waals surface area contributed by atoms with Gasteiger partial charge in [-0.05, 0) is 31.2 Å². The molecule has 0 aliphatic carbocycles. The van der Waals surface area contributed by atoms with Crippen molar-refractivity contribution in [2.24, 2.45) is 0 Å². The SMILES string of the molecule is CN1CCc2c(Cl)ccc3oc(/C=C(\F)C(=O)O)c(c23)C1. The van der Waals surface area contributed by atoms with Crippen LogP contribution < -0.4 is 0 Å². The summed E-state index contributed by atoms with van der Waals surface area (Å²) < 4.78 is 19.0. The van der Waals surface area contributed by atoms with Crippen LogP contribution in [0.5, 0.6) is 0 Å². The molecule has 0 fully saturated rings. The van der Waals surface area contributed by atoms with Crippen LogP contribution in [0.25, 0.3) is 17.0 Å². The number of likely N-dealkylation sites (N-methyl/N-ethyl adjacent to an activating group) is 1. The van der Waals surface area contributed by atoms with Crippen LogP contribution >= 0.6 is 11.6 Å². The predicted octanol–water partition coefficient (Wildman–Crippen LogP) is 3.47. The molecule has 0 amide bonds. The molecule has 3 rings (SSSR count). The average molecular weight is 310 g/mol. The third-order valence-corrected chi connectivity index (χ3v) is 4.02. The van der Waals surface area contributed by atoms with Gasteiger partial charge in [0.25, 0.3) is 0 Å². The minimum absolute atomic E-state index is 0.238. The van der Waals surface area contributed by atoms with Crippen molar-refractivity contribution in [2.75, 3.05) is 13.6 Å². The monoisotopic (exact) mass is 309 g/mol. The van der Waals surface area contributed by atoms with Gasteiger partial charge in [0, 0.05) is 35.1 Å². The van der Waals surface area contributed by atoms with Gasteiger partial charge in [-0.15, -0.1) is 0 Å². The third-order valence-electron chi connectivity index (χ3n) is 3.67. The summed E-state index contributed by atoms with van der Waals surface area (Å²) in [7, 11) is 1.94. The van der Waals surface area contributed by atoms with E-state index < -0.39 is 11.8 Å². The molecule has 1 aromatic carbocycles. The molecule has 1 aliphatic heterocycles. The zero-order valence-electron chi connectivity index (χ0n) is 11.3. The van der Waals surface area contributed by atoms with Crippen LogP contribution in [-0.2, 0) is 17.8 Å². The summed E-state index contributed by atoms with van der Waals surface area (Å²) in [6.07, 6.45) is 1.69. The summed E-state index contributed by atoms with van der Waals surface area (Å²) >= 11 is 6.25. The maximum atomic E-state index is 13.4. The molecule has 2 heterocycles. The molecule has 1 aromatic heterocycles. The molecule has 0 spiro atoms. The number of carboxylic acids is 1. The zero-order valence-corrected chi connectivity index (χ0v) is 12.1. The van der Waals surface area contributed by atoms with Crippen molar-refractivity contribution in [2.45, 2.75) is 13.0 Å². The molecule has 6 heteroatoms. The van der Waals surface area contributed by atoms with Crippen molar-refractivity contribution in [1.82, 2.24) is 4.90 Å². The van der Waals surface area contributed by atoms with E-state index in [1.807, 2.05) is 7.05 Å². The second kappa shape index (κ2) is 5.16. The normalized spacial score (nSPS) is 16.2. The van der Waals surface area contributed by atoms with Gasteiger partial charge in [0.15, 0.2) is 0 Å². The van der Waals surface area contributed by atoms with E-state index >= 15 is 0 Å². The van der Waals surface area contributed by atoms with Gasteiger partial charge < -0.3 is 14.4 Å². The highest BCUT2D eigenvalue weighted by Gasteiger charge is 2.23. The lowest BCUT2D eigenvalue weighted by molar-refractivity contribution is -0.134. The van der Waals surface area contributed by atoms with Gasteiger partial charge >= 0.3 is 5.97 Å². The maximum Gasteiger partial charge on any atom is 0.364 e. The predicted molar refractivity (Wildman–Crippen MR) is 78.0 cm³/mol. The first kappa shape index (κ1) is 14.1. The van der Waals surface area contributed by atoms with Gasteiger partial charge in [-0.3, -0.25) is 0 Å². The molecule has 0 bridgehead atoms. The lowest BCUT2D eigenvalue weighted by atomic mass is 10.0. The van der Waals surface area contributed by atoms with Crippen molar-refractivity contribution >= 4 is 34.6 Å². The highest BCUT2D eigenvalue weighted by molar-refractivity contribution is 6.32. The minimum Gasteiger partial charge on any atom is -0.476 e. The van der Waals surface area contributed by atoms with E-state index in [0.717, 1.165) is 35.6 Å². The van der Waals surface area contributed by atoms with Crippen LogP contribution in [0.2, 0.25) is 5.02 Å². The van der Waals surface area contributed by atoms with Gasteiger partial charge in [-0.2, -0.15) is 4.39 Å². The Hall–Kier alpha value is -1.85. The quantitative estimate of drug-likeness (QED) is 0.863.